The zero-order chi connectivity index (χ0) is 22.1. The number of carbonyl (C=O) groups is 1. The Balaban J connectivity index is 1.58. The summed E-state index contributed by atoms with van der Waals surface area (Å²) in [5.41, 5.74) is 1.69. The topological polar surface area (TPSA) is 78.9 Å². The smallest absolute Gasteiger partial charge is 0.230 e. The minimum Gasteiger partial charge on any atom is -0.473 e. The van der Waals surface area contributed by atoms with E-state index >= 15 is 0 Å². The molecule has 0 unspecified atom stereocenters. The number of hydrogen-bond acceptors (Lipinski definition) is 4. The van der Waals surface area contributed by atoms with E-state index in [0.29, 0.717) is 31.5 Å². The molecule has 1 heterocycles. The first-order valence-electron chi connectivity index (χ1n) is 10.8. The third-order valence-corrected chi connectivity index (χ3v) is 5.75. The lowest BCUT2D eigenvalue weighted by atomic mass is 9.84. The molecule has 3 rings (SSSR count). The van der Waals surface area contributed by atoms with Gasteiger partial charge >= 0.3 is 0 Å². The molecule has 1 aromatic heterocycles. The van der Waals surface area contributed by atoms with Gasteiger partial charge in [0, 0.05) is 46.0 Å². The van der Waals surface area contributed by atoms with Gasteiger partial charge in [-0.15, -0.1) is 0 Å². The number of carbonyl (C=O) groups excluding carboxylic acids is 1. The fourth-order valence-corrected chi connectivity index (χ4v) is 4.06. The summed E-state index contributed by atoms with van der Waals surface area (Å²) in [5, 5.41) is 6.69. The fraction of sp³-hybridized carbons (Fsp3) is 0.458. The SMILES string of the molecule is CN=C(NCc1cccnc1OCc1ccccc1)NCC1(C(=O)N(C)C)CCCC1. The summed E-state index contributed by atoms with van der Waals surface area (Å²) >= 11 is 0. The Bertz CT molecular complexity index is 877. The maximum Gasteiger partial charge on any atom is 0.230 e. The number of hydrogen-bond donors (Lipinski definition) is 2. The van der Waals surface area contributed by atoms with Crippen molar-refractivity contribution in [3.8, 4) is 5.88 Å². The summed E-state index contributed by atoms with van der Waals surface area (Å²) in [6, 6.07) is 13.9. The highest BCUT2D eigenvalue weighted by atomic mass is 16.5. The molecular formula is C24H33N5O2. The molecule has 1 aromatic carbocycles. The van der Waals surface area contributed by atoms with Crippen molar-refractivity contribution >= 4 is 11.9 Å². The Kier molecular flexibility index (Phi) is 7.87. The van der Waals surface area contributed by atoms with Gasteiger partial charge in [0.25, 0.3) is 0 Å². The molecule has 0 spiro atoms. The maximum atomic E-state index is 12.8. The Labute approximate surface area is 184 Å². The zero-order valence-corrected chi connectivity index (χ0v) is 18.7. The van der Waals surface area contributed by atoms with E-state index in [4.69, 9.17) is 4.74 Å². The third-order valence-electron chi connectivity index (χ3n) is 5.75. The molecule has 2 N–H and O–H groups in total. The van der Waals surface area contributed by atoms with Crippen LogP contribution in [0.25, 0.3) is 0 Å². The number of nitrogens with one attached hydrogen (secondary N) is 2. The number of ether oxygens (including phenoxy) is 1. The highest BCUT2D eigenvalue weighted by molar-refractivity contribution is 5.85. The van der Waals surface area contributed by atoms with Gasteiger partial charge in [-0.2, -0.15) is 0 Å². The van der Waals surface area contributed by atoms with Gasteiger partial charge in [-0.05, 0) is 24.5 Å². The first kappa shape index (κ1) is 22.6. The van der Waals surface area contributed by atoms with Crippen LogP contribution in [0.3, 0.4) is 0 Å². The summed E-state index contributed by atoms with van der Waals surface area (Å²) in [4.78, 5) is 23.2. The van der Waals surface area contributed by atoms with Gasteiger partial charge in [-0.1, -0.05) is 49.2 Å². The molecule has 1 aliphatic rings. The largest absolute Gasteiger partial charge is 0.473 e. The van der Waals surface area contributed by atoms with Crippen LogP contribution in [0, 0.1) is 5.41 Å². The molecule has 0 saturated heterocycles. The van der Waals surface area contributed by atoms with E-state index in [1.165, 1.54) is 0 Å². The Hall–Kier alpha value is -3.09. The van der Waals surface area contributed by atoms with Crippen molar-refractivity contribution in [1.29, 1.82) is 0 Å². The van der Waals surface area contributed by atoms with Crippen LogP contribution in [0.1, 0.15) is 36.8 Å². The van der Waals surface area contributed by atoms with Crippen molar-refractivity contribution < 1.29 is 9.53 Å². The molecule has 1 amide bonds. The summed E-state index contributed by atoms with van der Waals surface area (Å²) in [7, 11) is 5.39. The van der Waals surface area contributed by atoms with Gasteiger partial charge in [-0.25, -0.2) is 4.98 Å². The molecule has 31 heavy (non-hydrogen) atoms. The van der Waals surface area contributed by atoms with E-state index < -0.39 is 0 Å². The van der Waals surface area contributed by atoms with Crippen LogP contribution in [0.15, 0.2) is 53.7 Å². The average Bonchev–Trinajstić information content (AvgIpc) is 3.28. The molecule has 2 aromatic rings. The van der Waals surface area contributed by atoms with Crippen LogP contribution in [0.5, 0.6) is 5.88 Å². The van der Waals surface area contributed by atoms with E-state index in [9.17, 15) is 4.79 Å². The summed E-state index contributed by atoms with van der Waals surface area (Å²) in [6.45, 7) is 1.56. The molecule has 1 saturated carbocycles. The van der Waals surface area contributed by atoms with E-state index in [-0.39, 0.29) is 11.3 Å². The standard InChI is InChI=1S/C24H33N5O2/c1-25-23(28-18-24(13-7-8-14-24)22(30)29(2)3)27-16-20-12-9-15-26-21(20)31-17-19-10-5-4-6-11-19/h4-6,9-12,15H,7-8,13-14,16-18H2,1-3H3,(H2,25,27,28). The fourth-order valence-electron chi connectivity index (χ4n) is 4.06. The third kappa shape index (κ3) is 5.96. The van der Waals surface area contributed by atoms with Crippen LogP contribution < -0.4 is 15.4 Å². The molecule has 1 fully saturated rings. The minimum absolute atomic E-state index is 0.191. The number of benzene rings is 1. The van der Waals surface area contributed by atoms with E-state index in [1.54, 1.807) is 18.1 Å². The molecule has 7 heteroatoms. The first-order chi connectivity index (χ1) is 15.0. The minimum atomic E-state index is -0.348. The predicted molar refractivity (Wildman–Crippen MR) is 123 cm³/mol. The van der Waals surface area contributed by atoms with Crippen LogP contribution in [-0.2, 0) is 17.9 Å². The van der Waals surface area contributed by atoms with Gasteiger partial charge < -0.3 is 20.3 Å². The maximum absolute atomic E-state index is 12.8. The Morgan fingerprint density at radius 3 is 2.55 bits per heavy atom. The molecule has 7 nitrogen and oxygen atoms in total. The normalized spacial score (nSPS) is 15.4. The van der Waals surface area contributed by atoms with Crippen molar-refractivity contribution in [2.75, 3.05) is 27.7 Å². The lowest BCUT2D eigenvalue weighted by molar-refractivity contribution is -0.138. The van der Waals surface area contributed by atoms with Crippen LogP contribution in [0.4, 0.5) is 0 Å². The van der Waals surface area contributed by atoms with Crippen LogP contribution in [-0.4, -0.2) is 49.4 Å². The lowest BCUT2D eigenvalue weighted by Crippen LogP contribution is -2.49. The lowest BCUT2D eigenvalue weighted by Gasteiger charge is -2.31. The second-order valence-corrected chi connectivity index (χ2v) is 8.21. The molecule has 166 valence electrons. The Morgan fingerprint density at radius 2 is 1.87 bits per heavy atom. The van der Waals surface area contributed by atoms with E-state index in [0.717, 1.165) is 36.8 Å². The molecular weight excluding hydrogens is 390 g/mol. The second kappa shape index (κ2) is 10.8. The number of pyridine rings is 1. The summed E-state index contributed by atoms with van der Waals surface area (Å²) in [5.74, 6) is 1.46. The predicted octanol–water partition coefficient (Wildman–Crippen LogP) is 2.97. The van der Waals surface area contributed by atoms with Gasteiger partial charge in [0.2, 0.25) is 11.8 Å². The number of guanidine groups is 1. The van der Waals surface area contributed by atoms with Crippen molar-refractivity contribution in [3.63, 3.8) is 0 Å². The van der Waals surface area contributed by atoms with Crippen molar-refractivity contribution in [3.05, 3.63) is 59.8 Å². The molecule has 0 aliphatic heterocycles. The van der Waals surface area contributed by atoms with Gasteiger partial charge in [0.05, 0.1) is 5.41 Å². The number of aliphatic imine (C=N–C) groups is 1. The van der Waals surface area contributed by atoms with Gasteiger partial charge in [-0.3, -0.25) is 9.79 Å². The highest BCUT2D eigenvalue weighted by Gasteiger charge is 2.42. The van der Waals surface area contributed by atoms with Gasteiger partial charge in [0.15, 0.2) is 5.96 Å². The Morgan fingerprint density at radius 1 is 1.13 bits per heavy atom. The number of rotatable bonds is 8. The van der Waals surface area contributed by atoms with Crippen molar-refractivity contribution in [1.82, 2.24) is 20.5 Å². The summed E-state index contributed by atoms with van der Waals surface area (Å²) in [6.07, 6.45) is 5.73. The number of nitrogens with zero attached hydrogens (tertiary/aromatic N) is 3. The quantitative estimate of drug-likeness (QED) is 0.504. The van der Waals surface area contributed by atoms with E-state index in [2.05, 4.69) is 20.6 Å². The molecule has 1 aliphatic carbocycles. The highest BCUT2D eigenvalue weighted by Crippen LogP contribution is 2.38. The van der Waals surface area contributed by atoms with Crippen LogP contribution in [0.2, 0.25) is 0 Å². The molecule has 0 radical (unpaired) electrons. The monoisotopic (exact) mass is 423 g/mol. The first-order valence-corrected chi connectivity index (χ1v) is 10.8. The summed E-state index contributed by atoms with van der Waals surface area (Å²) < 4.78 is 5.94. The molecule has 0 bridgehead atoms. The van der Waals surface area contributed by atoms with Crippen molar-refractivity contribution in [2.24, 2.45) is 10.4 Å². The number of amides is 1. The zero-order valence-electron chi connectivity index (χ0n) is 18.7. The molecule has 0 atom stereocenters. The van der Waals surface area contributed by atoms with E-state index in [1.807, 2.05) is 56.6 Å². The average molecular weight is 424 g/mol. The van der Waals surface area contributed by atoms with Crippen LogP contribution >= 0.6 is 0 Å². The van der Waals surface area contributed by atoms with Gasteiger partial charge in [0.1, 0.15) is 6.61 Å². The van der Waals surface area contributed by atoms with Crippen molar-refractivity contribution in [2.45, 2.75) is 38.8 Å². The second-order valence-electron chi connectivity index (χ2n) is 8.21. The number of aromatic nitrogens is 1.